The molecule has 0 radical (unpaired) electrons. The highest BCUT2D eigenvalue weighted by Crippen LogP contribution is 2.27. The Labute approximate surface area is 195 Å². The molecular weight excluding hydrogens is 438 g/mol. The van der Waals surface area contributed by atoms with Crippen molar-refractivity contribution in [3.05, 3.63) is 84.7 Å². The summed E-state index contributed by atoms with van der Waals surface area (Å²) in [6.45, 7) is 2.69. The average molecular weight is 462 g/mol. The van der Waals surface area contributed by atoms with Gasteiger partial charge in [-0.2, -0.15) is 0 Å². The molecular formula is C24H23N5OS2. The Morgan fingerprint density at radius 1 is 0.969 bits per heavy atom. The van der Waals surface area contributed by atoms with Crippen LogP contribution in [0.4, 0.5) is 0 Å². The fraction of sp³-hybridized carbons (Fsp3) is 0.167. The second-order valence-corrected chi connectivity index (χ2v) is 9.13. The minimum Gasteiger partial charge on any atom is -0.355 e. The lowest BCUT2D eigenvalue weighted by Crippen LogP contribution is -2.27. The first kappa shape index (κ1) is 22.1. The molecule has 162 valence electrons. The van der Waals surface area contributed by atoms with E-state index >= 15 is 0 Å². The standard InChI is InChI=1S/C24H23N5OS2/c1-18-9-11-21(12-10-18)31-15-14-26-22(30)17-32-24-28-27-23(19-6-5-13-25-16-19)29(24)20-7-3-2-4-8-20/h2-13,16H,14-15,17H2,1H3,(H,26,30). The van der Waals surface area contributed by atoms with E-state index in [9.17, 15) is 4.79 Å². The van der Waals surface area contributed by atoms with Gasteiger partial charge < -0.3 is 5.32 Å². The van der Waals surface area contributed by atoms with Crippen LogP contribution in [0.2, 0.25) is 0 Å². The van der Waals surface area contributed by atoms with E-state index in [1.807, 2.05) is 47.0 Å². The van der Waals surface area contributed by atoms with Crippen LogP contribution in [0.1, 0.15) is 5.56 Å². The van der Waals surface area contributed by atoms with E-state index in [2.05, 4.69) is 51.7 Å². The maximum absolute atomic E-state index is 12.4. The monoisotopic (exact) mass is 461 g/mol. The number of carbonyl (C=O) groups excluding carboxylic acids is 1. The van der Waals surface area contributed by atoms with Gasteiger partial charge in [0.25, 0.3) is 0 Å². The molecule has 0 saturated carbocycles. The topological polar surface area (TPSA) is 72.7 Å². The third kappa shape index (κ3) is 5.77. The molecule has 4 rings (SSSR count). The van der Waals surface area contributed by atoms with Gasteiger partial charge in [-0.05, 0) is 43.3 Å². The van der Waals surface area contributed by atoms with Crippen molar-refractivity contribution in [2.24, 2.45) is 0 Å². The Morgan fingerprint density at radius 2 is 1.78 bits per heavy atom. The number of para-hydroxylation sites is 1. The summed E-state index contributed by atoms with van der Waals surface area (Å²) in [5.41, 5.74) is 3.05. The fourth-order valence-corrected chi connectivity index (χ4v) is 4.58. The zero-order valence-electron chi connectivity index (χ0n) is 17.6. The number of thioether (sulfide) groups is 2. The molecule has 0 saturated heterocycles. The van der Waals surface area contributed by atoms with Gasteiger partial charge in [0.15, 0.2) is 11.0 Å². The summed E-state index contributed by atoms with van der Waals surface area (Å²) < 4.78 is 1.96. The highest BCUT2D eigenvalue weighted by molar-refractivity contribution is 7.99. The molecule has 0 fully saturated rings. The van der Waals surface area contributed by atoms with Crippen LogP contribution in [-0.2, 0) is 4.79 Å². The van der Waals surface area contributed by atoms with Gasteiger partial charge in [0.2, 0.25) is 5.91 Å². The van der Waals surface area contributed by atoms with Crippen LogP contribution in [-0.4, -0.2) is 43.7 Å². The van der Waals surface area contributed by atoms with Crippen LogP contribution in [0.5, 0.6) is 0 Å². The van der Waals surface area contributed by atoms with Gasteiger partial charge in [-0.1, -0.05) is 47.7 Å². The second kappa shape index (κ2) is 11.0. The highest BCUT2D eigenvalue weighted by Gasteiger charge is 2.17. The van der Waals surface area contributed by atoms with E-state index < -0.39 is 0 Å². The maximum atomic E-state index is 12.4. The van der Waals surface area contributed by atoms with Crippen LogP contribution in [0.3, 0.4) is 0 Å². The molecule has 8 heteroatoms. The average Bonchev–Trinajstić information content (AvgIpc) is 3.27. The van der Waals surface area contributed by atoms with Gasteiger partial charge in [0, 0.05) is 40.8 Å². The summed E-state index contributed by atoms with van der Waals surface area (Å²) in [4.78, 5) is 17.8. The minimum atomic E-state index is -0.0231. The summed E-state index contributed by atoms with van der Waals surface area (Å²) in [7, 11) is 0. The quantitative estimate of drug-likeness (QED) is 0.289. The van der Waals surface area contributed by atoms with Crippen LogP contribution in [0.15, 0.2) is 89.2 Å². The lowest BCUT2D eigenvalue weighted by atomic mass is 10.2. The lowest BCUT2D eigenvalue weighted by molar-refractivity contribution is -0.118. The molecule has 0 aliphatic rings. The number of nitrogens with one attached hydrogen (secondary N) is 1. The van der Waals surface area contributed by atoms with Crippen LogP contribution in [0.25, 0.3) is 17.1 Å². The van der Waals surface area contributed by atoms with E-state index in [0.717, 1.165) is 17.0 Å². The molecule has 0 aliphatic carbocycles. The number of carbonyl (C=O) groups is 1. The highest BCUT2D eigenvalue weighted by atomic mass is 32.2. The van der Waals surface area contributed by atoms with Crippen molar-refractivity contribution in [3.8, 4) is 17.1 Å². The van der Waals surface area contributed by atoms with E-state index in [4.69, 9.17) is 0 Å². The van der Waals surface area contributed by atoms with Crippen LogP contribution in [0, 0.1) is 6.92 Å². The molecule has 0 aliphatic heterocycles. The molecule has 0 atom stereocenters. The summed E-state index contributed by atoms with van der Waals surface area (Å²) >= 11 is 3.10. The number of pyridine rings is 1. The number of hydrogen-bond acceptors (Lipinski definition) is 6. The number of nitrogens with zero attached hydrogens (tertiary/aromatic N) is 4. The zero-order chi connectivity index (χ0) is 22.2. The largest absolute Gasteiger partial charge is 0.355 e. The Kier molecular flexibility index (Phi) is 7.58. The van der Waals surface area contributed by atoms with Crippen molar-refractivity contribution in [1.29, 1.82) is 0 Å². The Morgan fingerprint density at radius 3 is 2.53 bits per heavy atom. The Balaban J connectivity index is 1.37. The Hall–Kier alpha value is -3.10. The van der Waals surface area contributed by atoms with Crippen molar-refractivity contribution < 1.29 is 4.79 Å². The summed E-state index contributed by atoms with van der Waals surface area (Å²) in [5.74, 6) is 1.77. The van der Waals surface area contributed by atoms with Gasteiger partial charge in [0.1, 0.15) is 0 Å². The predicted octanol–water partition coefficient (Wildman–Crippen LogP) is 4.64. The third-order valence-corrected chi connectivity index (χ3v) is 6.56. The molecule has 1 amide bonds. The molecule has 0 spiro atoms. The zero-order valence-corrected chi connectivity index (χ0v) is 19.3. The van der Waals surface area contributed by atoms with Crippen molar-refractivity contribution in [2.45, 2.75) is 17.0 Å². The van der Waals surface area contributed by atoms with Gasteiger partial charge in [-0.15, -0.1) is 22.0 Å². The van der Waals surface area contributed by atoms with Crippen LogP contribution < -0.4 is 5.32 Å². The first-order valence-electron chi connectivity index (χ1n) is 10.2. The number of hydrogen-bond donors (Lipinski definition) is 1. The first-order valence-corrected chi connectivity index (χ1v) is 12.2. The summed E-state index contributed by atoms with van der Waals surface area (Å²) in [6, 6.07) is 22.1. The van der Waals surface area contributed by atoms with Gasteiger partial charge in [0.05, 0.1) is 5.75 Å². The van der Waals surface area contributed by atoms with Gasteiger partial charge in [-0.3, -0.25) is 14.3 Å². The predicted molar refractivity (Wildman–Crippen MR) is 130 cm³/mol. The van der Waals surface area contributed by atoms with E-state index in [1.54, 1.807) is 24.2 Å². The van der Waals surface area contributed by atoms with Crippen molar-refractivity contribution in [1.82, 2.24) is 25.1 Å². The number of amides is 1. The molecule has 6 nitrogen and oxygen atoms in total. The van der Waals surface area contributed by atoms with E-state index in [0.29, 0.717) is 17.5 Å². The third-order valence-electron chi connectivity index (χ3n) is 4.61. The van der Waals surface area contributed by atoms with E-state index in [-0.39, 0.29) is 11.7 Å². The van der Waals surface area contributed by atoms with Crippen LogP contribution >= 0.6 is 23.5 Å². The molecule has 2 heterocycles. The SMILES string of the molecule is Cc1ccc(SCCNC(=O)CSc2nnc(-c3cccnc3)n2-c2ccccc2)cc1. The maximum Gasteiger partial charge on any atom is 0.230 e. The second-order valence-electron chi connectivity index (χ2n) is 7.02. The molecule has 4 aromatic rings. The molecule has 2 aromatic carbocycles. The lowest BCUT2D eigenvalue weighted by Gasteiger charge is -2.10. The molecule has 2 aromatic heterocycles. The summed E-state index contributed by atoms with van der Waals surface area (Å²) in [6.07, 6.45) is 3.49. The van der Waals surface area contributed by atoms with Crippen molar-refractivity contribution >= 4 is 29.4 Å². The normalized spacial score (nSPS) is 10.8. The van der Waals surface area contributed by atoms with Gasteiger partial charge in [-0.25, -0.2) is 0 Å². The fourth-order valence-electron chi connectivity index (χ4n) is 3.03. The number of rotatable bonds is 9. The summed E-state index contributed by atoms with van der Waals surface area (Å²) in [5, 5.41) is 12.4. The minimum absolute atomic E-state index is 0.0231. The molecule has 0 bridgehead atoms. The number of aryl methyl sites for hydroxylation is 1. The number of aromatic nitrogens is 4. The Bertz CT molecular complexity index is 1150. The molecule has 1 N–H and O–H groups in total. The molecule has 0 unspecified atom stereocenters. The van der Waals surface area contributed by atoms with E-state index in [1.165, 1.54) is 22.2 Å². The smallest absolute Gasteiger partial charge is 0.230 e. The van der Waals surface area contributed by atoms with Crippen molar-refractivity contribution in [3.63, 3.8) is 0 Å². The van der Waals surface area contributed by atoms with Crippen molar-refractivity contribution in [2.75, 3.05) is 18.1 Å². The van der Waals surface area contributed by atoms with Gasteiger partial charge >= 0.3 is 0 Å². The first-order chi connectivity index (χ1) is 15.7. The molecule has 32 heavy (non-hydrogen) atoms. The number of benzene rings is 2.